The summed E-state index contributed by atoms with van der Waals surface area (Å²) in [5.41, 5.74) is 2.19. The largest absolute Gasteiger partial charge is 0.366 e. The maximum atomic E-state index is 4.67. The van der Waals surface area contributed by atoms with Crippen LogP contribution in [0.4, 0.5) is 5.82 Å². The van der Waals surface area contributed by atoms with Gasteiger partial charge in [-0.3, -0.25) is 0 Å². The monoisotopic (exact) mass is 288 g/mol. The molecular weight excluding hydrogens is 260 g/mol. The summed E-state index contributed by atoms with van der Waals surface area (Å²) in [4.78, 5) is 4.50. The highest BCUT2D eigenvalue weighted by molar-refractivity contribution is 5.68. The van der Waals surface area contributed by atoms with Crippen LogP contribution in [-0.2, 0) is 5.41 Å². The van der Waals surface area contributed by atoms with Gasteiger partial charge in [-0.05, 0) is 25.3 Å². The molecule has 0 bridgehead atoms. The zero-order valence-corrected chi connectivity index (χ0v) is 14.1. The van der Waals surface area contributed by atoms with Crippen molar-refractivity contribution in [3.63, 3.8) is 0 Å². The van der Waals surface area contributed by atoms with Crippen LogP contribution in [0.2, 0.25) is 0 Å². The van der Waals surface area contributed by atoms with Crippen molar-refractivity contribution in [1.29, 1.82) is 0 Å². The third-order valence-electron chi connectivity index (χ3n) is 3.99. The Morgan fingerprint density at radius 2 is 2.00 bits per heavy atom. The summed E-state index contributed by atoms with van der Waals surface area (Å²) in [6.45, 7) is 13.3. The van der Waals surface area contributed by atoms with Crippen molar-refractivity contribution >= 4 is 11.3 Å². The molecule has 1 N–H and O–H groups in total. The van der Waals surface area contributed by atoms with E-state index in [2.05, 4.69) is 63.0 Å². The molecule has 2 aromatic heterocycles. The molecule has 0 spiro atoms. The maximum Gasteiger partial charge on any atom is 0.152 e. The Morgan fingerprint density at radius 1 is 1.29 bits per heavy atom. The van der Waals surface area contributed by atoms with Crippen molar-refractivity contribution in [2.45, 2.75) is 65.8 Å². The average Bonchev–Trinajstić information content (AvgIpc) is 2.83. The first-order valence-electron chi connectivity index (χ1n) is 7.92. The molecule has 0 aliphatic heterocycles. The number of aromatic nitrogens is 3. The first-order valence-corrected chi connectivity index (χ1v) is 7.92. The summed E-state index contributed by atoms with van der Waals surface area (Å²) in [6, 6.07) is 2.55. The molecule has 0 fully saturated rings. The van der Waals surface area contributed by atoms with E-state index in [4.69, 9.17) is 0 Å². The van der Waals surface area contributed by atoms with E-state index < -0.39 is 0 Å². The van der Waals surface area contributed by atoms with E-state index in [0.717, 1.165) is 29.4 Å². The second-order valence-electron chi connectivity index (χ2n) is 7.18. The van der Waals surface area contributed by atoms with Gasteiger partial charge in [0.1, 0.15) is 5.52 Å². The van der Waals surface area contributed by atoms with Crippen molar-refractivity contribution in [3.8, 4) is 0 Å². The van der Waals surface area contributed by atoms with Gasteiger partial charge < -0.3 is 5.32 Å². The molecule has 2 heterocycles. The second-order valence-corrected chi connectivity index (χ2v) is 7.18. The van der Waals surface area contributed by atoms with Crippen LogP contribution in [0.15, 0.2) is 18.5 Å². The Balaban J connectivity index is 2.26. The van der Waals surface area contributed by atoms with Crippen LogP contribution in [-0.4, -0.2) is 20.6 Å². The van der Waals surface area contributed by atoms with Gasteiger partial charge in [0, 0.05) is 23.9 Å². The molecule has 2 unspecified atom stereocenters. The minimum atomic E-state index is 0.0473. The van der Waals surface area contributed by atoms with E-state index in [1.54, 1.807) is 0 Å². The van der Waals surface area contributed by atoms with Gasteiger partial charge in [0.15, 0.2) is 5.82 Å². The first kappa shape index (κ1) is 15.8. The van der Waals surface area contributed by atoms with E-state index in [1.165, 1.54) is 6.42 Å². The SMILES string of the molecule is CCC(C)CC(C)Nc1nccn2nc(C(C)(C)C)cc12. The van der Waals surface area contributed by atoms with Gasteiger partial charge in [0.05, 0.1) is 5.69 Å². The summed E-state index contributed by atoms with van der Waals surface area (Å²) < 4.78 is 1.92. The van der Waals surface area contributed by atoms with Crippen LogP contribution in [0.3, 0.4) is 0 Å². The number of rotatable bonds is 5. The fourth-order valence-electron chi connectivity index (χ4n) is 2.46. The second kappa shape index (κ2) is 6.04. The highest BCUT2D eigenvalue weighted by atomic mass is 15.2. The number of hydrogen-bond donors (Lipinski definition) is 1. The molecule has 2 rings (SSSR count). The molecule has 0 aliphatic rings. The molecule has 0 radical (unpaired) electrons. The maximum absolute atomic E-state index is 4.67. The highest BCUT2D eigenvalue weighted by Gasteiger charge is 2.19. The van der Waals surface area contributed by atoms with Crippen LogP contribution in [0, 0.1) is 5.92 Å². The highest BCUT2D eigenvalue weighted by Crippen LogP contribution is 2.25. The van der Waals surface area contributed by atoms with E-state index in [9.17, 15) is 0 Å². The molecule has 4 nitrogen and oxygen atoms in total. The van der Waals surface area contributed by atoms with Crippen LogP contribution >= 0.6 is 0 Å². The van der Waals surface area contributed by atoms with Gasteiger partial charge in [-0.2, -0.15) is 5.10 Å². The number of nitrogens with one attached hydrogen (secondary N) is 1. The molecule has 4 heteroatoms. The zero-order valence-electron chi connectivity index (χ0n) is 14.1. The van der Waals surface area contributed by atoms with Crippen molar-refractivity contribution in [1.82, 2.24) is 14.6 Å². The predicted molar refractivity (Wildman–Crippen MR) is 88.8 cm³/mol. The zero-order chi connectivity index (χ0) is 15.6. The lowest BCUT2D eigenvalue weighted by molar-refractivity contribution is 0.483. The Morgan fingerprint density at radius 3 is 2.62 bits per heavy atom. The number of nitrogens with zero attached hydrogens (tertiary/aromatic N) is 3. The number of hydrogen-bond acceptors (Lipinski definition) is 3. The predicted octanol–water partition coefficient (Wildman–Crippen LogP) is 4.26. The lowest BCUT2D eigenvalue weighted by Gasteiger charge is -2.18. The molecule has 2 aromatic rings. The molecule has 21 heavy (non-hydrogen) atoms. The molecule has 116 valence electrons. The third kappa shape index (κ3) is 3.74. The molecule has 0 amide bonds. The lowest BCUT2D eigenvalue weighted by Crippen LogP contribution is -2.19. The van der Waals surface area contributed by atoms with Crippen molar-refractivity contribution < 1.29 is 0 Å². The van der Waals surface area contributed by atoms with Gasteiger partial charge in [-0.15, -0.1) is 0 Å². The Kier molecular flexibility index (Phi) is 4.55. The van der Waals surface area contributed by atoms with Gasteiger partial charge in [0.2, 0.25) is 0 Å². The van der Waals surface area contributed by atoms with Crippen LogP contribution < -0.4 is 5.32 Å². The summed E-state index contributed by atoms with van der Waals surface area (Å²) in [5, 5.41) is 8.21. The summed E-state index contributed by atoms with van der Waals surface area (Å²) in [6.07, 6.45) is 6.09. The fourth-order valence-corrected chi connectivity index (χ4v) is 2.46. The van der Waals surface area contributed by atoms with E-state index >= 15 is 0 Å². The summed E-state index contributed by atoms with van der Waals surface area (Å²) in [7, 11) is 0. The van der Waals surface area contributed by atoms with Crippen LogP contribution in [0.25, 0.3) is 5.52 Å². The molecule has 0 saturated heterocycles. The fraction of sp³-hybridized carbons (Fsp3) is 0.647. The van der Waals surface area contributed by atoms with Crippen LogP contribution in [0.5, 0.6) is 0 Å². The number of anilines is 1. The molecule has 0 saturated carbocycles. The van der Waals surface area contributed by atoms with E-state index in [-0.39, 0.29) is 5.41 Å². The van der Waals surface area contributed by atoms with Gasteiger partial charge >= 0.3 is 0 Å². The van der Waals surface area contributed by atoms with Crippen molar-refractivity contribution in [3.05, 3.63) is 24.2 Å². The average molecular weight is 288 g/mol. The molecule has 0 aromatic carbocycles. The summed E-state index contributed by atoms with van der Waals surface area (Å²) >= 11 is 0. The standard InChI is InChI=1S/C17H28N4/c1-7-12(2)10-13(3)19-16-14-11-15(17(4,5)6)20-21(14)9-8-18-16/h8-9,11-13H,7,10H2,1-6H3,(H,18,19). The Hall–Kier alpha value is -1.58. The van der Waals surface area contributed by atoms with Gasteiger partial charge in [-0.1, -0.05) is 41.0 Å². The minimum Gasteiger partial charge on any atom is -0.366 e. The lowest BCUT2D eigenvalue weighted by atomic mass is 9.92. The van der Waals surface area contributed by atoms with Gasteiger partial charge in [0.25, 0.3) is 0 Å². The topological polar surface area (TPSA) is 42.2 Å². The number of fused-ring (bicyclic) bond motifs is 1. The van der Waals surface area contributed by atoms with Crippen molar-refractivity contribution in [2.75, 3.05) is 5.32 Å². The molecule has 0 aliphatic carbocycles. The third-order valence-corrected chi connectivity index (χ3v) is 3.99. The smallest absolute Gasteiger partial charge is 0.152 e. The van der Waals surface area contributed by atoms with E-state index in [0.29, 0.717) is 6.04 Å². The summed E-state index contributed by atoms with van der Waals surface area (Å²) in [5.74, 6) is 1.65. The van der Waals surface area contributed by atoms with Gasteiger partial charge in [-0.25, -0.2) is 9.50 Å². The van der Waals surface area contributed by atoms with E-state index in [1.807, 2.05) is 16.9 Å². The Labute approximate surface area is 128 Å². The minimum absolute atomic E-state index is 0.0473. The molecule has 2 atom stereocenters. The normalized spacial score (nSPS) is 15.1. The Bertz CT molecular complexity index is 594. The molecular formula is C17H28N4. The first-order chi connectivity index (χ1) is 9.81. The van der Waals surface area contributed by atoms with Crippen molar-refractivity contribution in [2.24, 2.45) is 5.92 Å². The quantitative estimate of drug-likeness (QED) is 0.893. The van der Waals surface area contributed by atoms with Crippen LogP contribution in [0.1, 0.15) is 60.1 Å².